The molecule has 9 heteroatoms. The average molecular weight is 581 g/mol. The molecule has 1 aliphatic rings. The molecule has 0 radical (unpaired) electrons. The number of amides is 1. The van der Waals surface area contributed by atoms with Crippen LogP contribution < -0.4 is 5.32 Å². The summed E-state index contributed by atoms with van der Waals surface area (Å²) in [4.78, 5) is 15.1. The Kier molecular flexibility index (Phi) is 9.58. The molecule has 0 unspecified atom stereocenters. The summed E-state index contributed by atoms with van der Waals surface area (Å²) in [6.07, 6.45) is 3.21. The van der Waals surface area contributed by atoms with Gasteiger partial charge in [0, 0.05) is 43.4 Å². The minimum atomic E-state index is 0.119. The van der Waals surface area contributed by atoms with Gasteiger partial charge in [-0.05, 0) is 43.0 Å². The first kappa shape index (κ1) is 27.7. The number of hydrogen-bond acceptors (Lipinski definition) is 5. The number of likely N-dealkylation sites (tertiary alicyclic amines) is 1. The molecule has 4 aromatic rings. The average Bonchev–Trinajstić information content (AvgIpc) is 3.39. The van der Waals surface area contributed by atoms with Crippen molar-refractivity contribution in [2.45, 2.75) is 43.4 Å². The predicted molar refractivity (Wildman–Crippen MR) is 160 cm³/mol. The van der Waals surface area contributed by atoms with Gasteiger partial charge in [-0.1, -0.05) is 95.6 Å². The molecule has 6 nitrogen and oxygen atoms in total. The molecule has 2 heterocycles. The smallest absolute Gasteiger partial charge is 0.220 e. The van der Waals surface area contributed by atoms with Crippen LogP contribution in [0.5, 0.6) is 0 Å². The van der Waals surface area contributed by atoms with Gasteiger partial charge in [-0.15, -0.1) is 10.2 Å². The van der Waals surface area contributed by atoms with Crippen LogP contribution in [0.15, 0.2) is 84.0 Å². The number of piperidine rings is 1. The zero-order chi connectivity index (χ0) is 27.0. The van der Waals surface area contributed by atoms with Gasteiger partial charge in [0.05, 0.1) is 15.7 Å². The van der Waals surface area contributed by atoms with Crippen molar-refractivity contribution in [1.29, 1.82) is 0 Å². The number of carbonyl (C=O) groups is 1. The van der Waals surface area contributed by atoms with Gasteiger partial charge in [0.1, 0.15) is 0 Å². The summed E-state index contributed by atoms with van der Waals surface area (Å²) in [5.41, 5.74) is 3.13. The maximum absolute atomic E-state index is 12.6. The van der Waals surface area contributed by atoms with Crippen LogP contribution in [0.25, 0.3) is 17.1 Å². The summed E-state index contributed by atoms with van der Waals surface area (Å²) < 4.78 is 1.99. The van der Waals surface area contributed by atoms with E-state index >= 15 is 0 Å². The first-order valence-corrected chi connectivity index (χ1v) is 15.0. The van der Waals surface area contributed by atoms with Crippen molar-refractivity contribution in [1.82, 2.24) is 25.0 Å². The molecule has 202 valence electrons. The highest BCUT2D eigenvalue weighted by Gasteiger charge is 2.21. The van der Waals surface area contributed by atoms with Crippen molar-refractivity contribution in [2.24, 2.45) is 0 Å². The Bertz CT molecular complexity index is 1370. The summed E-state index contributed by atoms with van der Waals surface area (Å²) in [5, 5.41) is 13.9. The number of aromatic nitrogens is 3. The Hall–Kier alpha value is -2.84. The molecule has 1 N–H and O–H groups in total. The molecule has 1 aromatic heterocycles. The van der Waals surface area contributed by atoms with Crippen LogP contribution >= 0.6 is 35.0 Å². The van der Waals surface area contributed by atoms with Crippen molar-refractivity contribution >= 4 is 40.9 Å². The van der Waals surface area contributed by atoms with E-state index in [1.165, 1.54) is 5.56 Å². The molecule has 3 aromatic carbocycles. The molecule has 0 bridgehead atoms. The lowest BCUT2D eigenvalue weighted by atomic mass is 10.0. The highest BCUT2D eigenvalue weighted by molar-refractivity contribution is 7.99. The third-order valence-electron chi connectivity index (χ3n) is 6.81. The zero-order valence-electron chi connectivity index (χ0n) is 21.6. The van der Waals surface area contributed by atoms with E-state index in [2.05, 4.69) is 44.7 Å². The molecule has 0 saturated carbocycles. The van der Waals surface area contributed by atoms with Crippen LogP contribution in [0.4, 0.5) is 0 Å². The van der Waals surface area contributed by atoms with Crippen LogP contribution in [0.3, 0.4) is 0 Å². The maximum atomic E-state index is 12.6. The number of hydrogen-bond donors (Lipinski definition) is 1. The van der Waals surface area contributed by atoms with E-state index < -0.39 is 0 Å². The largest absolute Gasteiger partial charge is 0.353 e. The molecule has 1 amide bonds. The number of nitrogens with zero attached hydrogens (tertiary/aromatic N) is 4. The highest BCUT2D eigenvalue weighted by atomic mass is 35.5. The molecule has 1 fully saturated rings. The monoisotopic (exact) mass is 579 g/mol. The van der Waals surface area contributed by atoms with Crippen LogP contribution in [0, 0.1) is 0 Å². The first-order chi connectivity index (χ1) is 19.1. The zero-order valence-corrected chi connectivity index (χ0v) is 23.9. The first-order valence-electron chi connectivity index (χ1n) is 13.2. The Morgan fingerprint density at radius 3 is 2.36 bits per heavy atom. The van der Waals surface area contributed by atoms with E-state index in [1.54, 1.807) is 17.8 Å². The lowest BCUT2D eigenvalue weighted by molar-refractivity contribution is -0.122. The minimum absolute atomic E-state index is 0.119. The van der Waals surface area contributed by atoms with E-state index in [9.17, 15) is 4.79 Å². The fourth-order valence-electron chi connectivity index (χ4n) is 4.77. The number of nitrogens with one attached hydrogen (secondary N) is 1. The third-order valence-corrected chi connectivity index (χ3v) is 8.56. The highest BCUT2D eigenvalue weighted by Crippen LogP contribution is 2.31. The van der Waals surface area contributed by atoms with Crippen molar-refractivity contribution < 1.29 is 4.79 Å². The number of halogens is 2. The molecule has 1 saturated heterocycles. The van der Waals surface area contributed by atoms with Crippen LogP contribution in [-0.4, -0.2) is 50.5 Å². The van der Waals surface area contributed by atoms with Gasteiger partial charge < -0.3 is 5.32 Å². The summed E-state index contributed by atoms with van der Waals surface area (Å²) >= 11 is 14.1. The van der Waals surface area contributed by atoms with Gasteiger partial charge >= 0.3 is 0 Å². The number of carbonyl (C=O) groups excluding carboxylic acids is 1. The number of rotatable bonds is 10. The van der Waals surface area contributed by atoms with E-state index in [4.69, 9.17) is 23.2 Å². The van der Waals surface area contributed by atoms with Crippen LogP contribution in [0.2, 0.25) is 10.0 Å². The molecular weight excluding hydrogens is 549 g/mol. The minimum Gasteiger partial charge on any atom is -0.353 e. The SMILES string of the molecule is O=C(CCCSc1nnc(-c2ccccc2)n1-c1ccc(Cl)c(Cl)c1)NC1CCN(Cc2ccccc2)CC1. The fourth-order valence-corrected chi connectivity index (χ4v) is 5.95. The van der Waals surface area contributed by atoms with E-state index in [0.29, 0.717) is 16.5 Å². The summed E-state index contributed by atoms with van der Waals surface area (Å²) in [6.45, 7) is 2.98. The third kappa shape index (κ3) is 7.42. The molecule has 0 aliphatic carbocycles. The second-order valence-corrected chi connectivity index (χ2v) is 11.5. The summed E-state index contributed by atoms with van der Waals surface area (Å²) in [7, 11) is 0. The Balaban J connectivity index is 1.13. The second kappa shape index (κ2) is 13.5. The summed E-state index contributed by atoms with van der Waals surface area (Å²) in [6, 6.07) is 26.2. The van der Waals surface area contributed by atoms with Gasteiger partial charge in [-0.2, -0.15) is 0 Å². The number of benzene rings is 3. The molecule has 1 aliphatic heterocycles. The lowest BCUT2D eigenvalue weighted by Crippen LogP contribution is -2.44. The van der Waals surface area contributed by atoms with Crippen LogP contribution in [-0.2, 0) is 11.3 Å². The standard InChI is InChI=1S/C30H31Cl2N5OS/c31-26-14-13-25(20-27(26)32)37-29(23-10-5-2-6-11-23)34-35-30(37)39-19-7-12-28(38)33-24-15-17-36(18-16-24)21-22-8-3-1-4-9-22/h1-6,8-11,13-14,20,24H,7,12,15-19,21H2,(H,33,38). The van der Waals surface area contributed by atoms with Gasteiger partial charge in [0.15, 0.2) is 11.0 Å². The maximum Gasteiger partial charge on any atom is 0.220 e. The number of thioether (sulfide) groups is 1. The predicted octanol–water partition coefficient (Wildman–Crippen LogP) is 6.89. The topological polar surface area (TPSA) is 63.1 Å². The van der Waals surface area contributed by atoms with Gasteiger partial charge in [-0.3, -0.25) is 14.3 Å². The quantitative estimate of drug-likeness (QED) is 0.163. The van der Waals surface area contributed by atoms with Crippen molar-refractivity contribution in [3.05, 3.63) is 94.5 Å². The molecule has 39 heavy (non-hydrogen) atoms. The Morgan fingerprint density at radius 1 is 0.923 bits per heavy atom. The normalized spacial score (nSPS) is 14.4. The van der Waals surface area contributed by atoms with Crippen molar-refractivity contribution in [3.63, 3.8) is 0 Å². The molecule has 0 spiro atoms. The van der Waals surface area contributed by atoms with Crippen molar-refractivity contribution in [2.75, 3.05) is 18.8 Å². The molecular formula is C30H31Cl2N5OS. The van der Waals surface area contributed by atoms with E-state index in [-0.39, 0.29) is 11.9 Å². The van der Waals surface area contributed by atoms with Gasteiger partial charge in [-0.25, -0.2) is 0 Å². The second-order valence-electron chi connectivity index (χ2n) is 9.66. The lowest BCUT2D eigenvalue weighted by Gasteiger charge is -2.32. The van der Waals surface area contributed by atoms with Gasteiger partial charge in [0.25, 0.3) is 0 Å². The Labute approximate surface area is 243 Å². The Morgan fingerprint density at radius 2 is 1.64 bits per heavy atom. The fraction of sp³-hybridized carbons (Fsp3) is 0.300. The van der Waals surface area contributed by atoms with E-state index in [1.807, 2.05) is 53.1 Å². The summed E-state index contributed by atoms with van der Waals surface area (Å²) in [5.74, 6) is 1.60. The molecule has 5 rings (SSSR count). The van der Waals surface area contributed by atoms with Crippen LogP contribution in [0.1, 0.15) is 31.2 Å². The van der Waals surface area contributed by atoms with Crippen molar-refractivity contribution in [3.8, 4) is 17.1 Å². The molecule has 0 atom stereocenters. The van der Waals surface area contributed by atoms with E-state index in [0.717, 1.165) is 66.9 Å². The van der Waals surface area contributed by atoms with Gasteiger partial charge in [0.2, 0.25) is 5.91 Å².